The summed E-state index contributed by atoms with van der Waals surface area (Å²) in [4.78, 5) is 0. The predicted octanol–water partition coefficient (Wildman–Crippen LogP) is 2.66. The van der Waals surface area contributed by atoms with Crippen LogP contribution in [0.15, 0.2) is 0 Å². The van der Waals surface area contributed by atoms with Crippen LogP contribution in [0.25, 0.3) is 0 Å². The maximum Gasteiger partial charge on any atom is 0.0469 e. The minimum Gasteiger partial charge on any atom is -0.381 e. The summed E-state index contributed by atoms with van der Waals surface area (Å²) in [6, 6.07) is 0. The largest absolute Gasteiger partial charge is 0.381 e. The Hall–Kier alpha value is 0.210. The quantitative estimate of drug-likeness (QED) is 0.539. The summed E-state index contributed by atoms with van der Waals surface area (Å²) in [5.74, 6) is 2.29. The van der Waals surface area contributed by atoms with Crippen molar-refractivity contribution in [3.05, 3.63) is 0 Å². The summed E-state index contributed by atoms with van der Waals surface area (Å²) in [6.45, 7) is 6.42. The number of hydrogen-bond acceptors (Lipinski definition) is 2. The maximum absolute atomic E-state index is 5.75. The summed E-state index contributed by atoms with van der Waals surface area (Å²) in [5, 5.41) is 3.54. The highest BCUT2D eigenvalue weighted by molar-refractivity contribution is 6.18. The van der Waals surface area contributed by atoms with E-state index in [-0.39, 0.29) is 0 Å². The molecule has 1 aliphatic rings. The van der Waals surface area contributed by atoms with Gasteiger partial charge in [-0.25, -0.2) is 0 Å². The normalized spacial score (nSPS) is 20.4. The smallest absolute Gasteiger partial charge is 0.0469 e. The number of alkyl halides is 1. The zero-order valence-corrected chi connectivity index (χ0v) is 10.6. The van der Waals surface area contributed by atoms with Crippen molar-refractivity contribution in [3.63, 3.8) is 0 Å². The van der Waals surface area contributed by atoms with Crippen molar-refractivity contribution < 1.29 is 4.74 Å². The SMILES string of the molecule is CC(CCl)CCCNCC1CCOCC1. The molecule has 1 fully saturated rings. The van der Waals surface area contributed by atoms with E-state index in [2.05, 4.69) is 12.2 Å². The van der Waals surface area contributed by atoms with Gasteiger partial charge < -0.3 is 10.1 Å². The summed E-state index contributed by atoms with van der Waals surface area (Å²) in [5.41, 5.74) is 0. The van der Waals surface area contributed by atoms with Crippen LogP contribution in [0.2, 0.25) is 0 Å². The first-order valence-corrected chi connectivity index (χ1v) is 6.70. The van der Waals surface area contributed by atoms with Crippen LogP contribution < -0.4 is 5.32 Å². The van der Waals surface area contributed by atoms with Crippen molar-refractivity contribution in [2.75, 3.05) is 32.2 Å². The molecule has 1 atom stereocenters. The Morgan fingerprint density at radius 1 is 1.40 bits per heavy atom. The van der Waals surface area contributed by atoms with E-state index in [0.29, 0.717) is 5.92 Å². The van der Waals surface area contributed by atoms with Gasteiger partial charge in [0.2, 0.25) is 0 Å². The maximum atomic E-state index is 5.75. The molecule has 3 heteroatoms. The average Bonchev–Trinajstić information content (AvgIpc) is 2.29. The Morgan fingerprint density at radius 2 is 2.13 bits per heavy atom. The monoisotopic (exact) mass is 233 g/mol. The molecule has 0 bridgehead atoms. The molecule has 1 rings (SSSR count). The second kappa shape index (κ2) is 8.37. The third-order valence-electron chi connectivity index (χ3n) is 3.09. The number of halogens is 1. The average molecular weight is 234 g/mol. The van der Waals surface area contributed by atoms with Crippen molar-refractivity contribution >= 4 is 11.6 Å². The highest BCUT2D eigenvalue weighted by Crippen LogP contribution is 2.13. The molecular weight excluding hydrogens is 210 g/mol. The molecule has 0 amide bonds. The van der Waals surface area contributed by atoms with Gasteiger partial charge in [-0.2, -0.15) is 0 Å². The molecule has 0 radical (unpaired) electrons. The molecule has 90 valence electrons. The van der Waals surface area contributed by atoms with Crippen molar-refractivity contribution in [1.29, 1.82) is 0 Å². The van der Waals surface area contributed by atoms with E-state index in [4.69, 9.17) is 16.3 Å². The Kier molecular flexibility index (Phi) is 7.41. The lowest BCUT2D eigenvalue weighted by atomic mass is 10.0. The van der Waals surface area contributed by atoms with E-state index in [1.165, 1.54) is 32.2 Å². The molecule has 15 heavy (non-hydrogen) atoms. The van der Waals surface area contributed by atoms with Gasteiger partial charge in [-0.05, 0) is 50.6 Å². The Morgan fingerprint density at radius 3 is 2.80 bits per heavy atom. The standard InChI is InChI=1S/C12H24ClNO/c1-11(9-13)3-2-6-14-10-12-4-7-15-8-5-12/h11-12,14H,2-10H2,1H3. The highest BCUT2D eigenvalue weighted by Gasteiger charge is 2.12. The molecule has 0 saturated carbocycles. The Bertz CT molecular complexity index is 149. The van der Waals surface area contributed by atoms with Crippen LogP contribution in [0.4, 0.5) is 0 Å². The molecule has 1 saturated heterocycles. The second-order valence-corrected chi connectivity index (χ2v) is 4.97. The van der Waals surface area contributed by atoms with Crippen molar-refractivity contribution in [1.82, 2.24) is 5.32 Å². The Balaban J connectivity index is 1.87. The van der Waals surface area contributed by atoms with E-state index in [1.54, 1.807) is 0 Å². The molecule has 1 aliphatic heterocycles. The minimum absolute atomic E-state index is 0.663. The lowest BCUT2D eigenvalue weighted by molar-refractivity contribution is 0.0663. The van der Waals surface area contributed by atoms with Gasteiger partial charge >= 0.3 is 0 Å². The third kappa shape index (κ3) is 6.39. The first-order valence-electron chi connectivity index (χ1n) is 6.17. The van der Waals surface area contributed by atoms with E-state index >= 15 is 0 Å². The third-order valence-corrected chi connectivity index (χ3v) is 3.61. The summed E-state index contributed by atoms with van der Waals surface area (Å²) in [7, 11) is 0. The van der Waals surface area contributed by atoms with Crippen molar-refractivity contribution in [3.8, 4) is 0 Å². The molecule has 1 unspecified atom stereocenters. The topological polar surface area (TPSA) is 21.3 Å². The van der Waals surface area contributed by atoms with Gasteiger partial charge in [-0.15, -0.1) is 11.6 Å². The minimum atomic E-state index is 0.663. The molecule has 0 aromatic heterocycles. The highest BCUT2D eigenvalue weighted by atomic mass is 35.5. The Labute approximate surface area is 98.7 Å². The van der Waals surface area contributed by atoms with Crippen LogP contribution in [-0.2, 0) is 4.74 Å². The number of nitrogens with one attached hydrogen (secondary N) is 1. The van der Waals surface area contributed by atoms with E-state index < -0.39 is 0 Å². The second-order valence-electron chi connectivity index (χ2n) is 4.66. The van der Waals surface area contributed by atoms with Crippen LogP contribution in [0.3, 0.4) is 0 Å². The van der Waals surface area contributed by atoms with Crippen LogP contribution in [-0.4, -0.2) is 32.2 Å². The van der Waals surface area contributed by atoms with Crippen LogP contribution in [0.5, 0.6) is 0 Å². The van der Waals surface area contributed by atoms with Gasteiger partial charge in [0, 0.05) is 19.1 Å². The predicted molar refractivity (Wildman–Crippen MR) is 65.5 cm³/mol. The molecule has 0 aromatic rings. The fourth-order valence-electron chi connectivity index (χ4n) is 1.91. The number of hydrogen-bond donors (Lipinski definition) is 1. The van der Waals surface area contributed by atoms with Crippen LogP contribution in [0, 0.1) is 11.8 Å². The lowest BCUT2D eigenvalue weighted by Crippen LogP contribution is -2.28. The molecule has 1 N–H and O–H groups in total. The van der Waals surface area contributed by atoms with Gasteiger partial charge in [-0.1, -0.05) is 6.92 Å². The molecular formula is C12H24ClNO. The van der Waals surface area contributed by atoms with Crippen molar-refractivity contribution in [2.24, 2.45) is 11.8 Å². The summed E-state index contributed by atoms with van der Waals surface area (Å²) in [6.07, 6.45) is 4.94. The van der Waals surface area contributed by atoms with Gasteiger partial charge in [0.05, 0.1) is 0 Å². The van der Waals surface area contributed by atoms with Crippen LogP contribution in [0.1, 0.15) is 32.6 Å². The number of rotatable bonds is 7. The van der Waals surface area contributed by atoms with E-state index in [0.717, 1.165) is 31.6 Å². The molecule has 0 aliphatic carbocycles. The zero-order valence-electron chi connectivity index (χ0n) is 9.80. The fraction of sp³-hybridized carbons (Fsp3) is 1.00. The first-order chi connectivity index (χ1) is 7.33. The zero-order chi connectivity index (χ0) is 10.9. The van der Waals surface area contributed by atoms with Crippen LogP contribution >= 0.6 is 11.6 Å². The van der Waals surface area contributed by atoms with Gasteiger partial charge in [0.25, 0.3) is 0 Å². The molecule has 0 spiro atoms. The van der Waals surface area contributed by atoms with E-state index in [9.17, 15) is 0 Å². The van der Waals surface area contributed by atoms with E-state index in [1.807, 2.05) is 0 Å². The number of ether oxygens (including phenoxy) is 1. The molecule has 0 aromatic carbocycles. The molecule has 1 heterocycles. The first kappa shape index (κ1) is 13.3. The van der Waals surface area contributed by atoms with Crippen molar-refractivity contribution in [2.45, 2.75) is 32.6 Å². The van der Waals surface area contributed by atoms with Gasteiger partial charge in [0.1, 0.15) is 0 Å². The molecule has 2 nitrogen and oxygen atoms in total. The summed E-state index contributed by atoms with van der Waals surface area (Å²) >= 11 is 5.75. The fourth-order valence-corrected chi connectivity index (χ4v) is 2.06. The van der Waals surface area contributed by atoms with Gasteiger partial charge in [-0.3, -0.25) is 0 Å². The lowest BCUT2D eigenvalue weighted by Gasteiger charge is -2.22. The summed E-state index contributed by atoms with van der Waals surface area (Å²) < 4.78 is 5.33. The van der Waals surface area contributed by atoms with Gasteiger partial charge in [0.15, 0.2) is 0 Å².